The zero-order valence-electron chi connectivity index (χ0n) is 8.09. The van der Waals surface area contributed by atoms with E-state index in [-0.39, 0.29) is 0 Å². The van der Waals surface area contributed by atoms with Crippen LogP contribution < -0.4 is 0 Å². The van der Waals surface area contributed by atoms with Crippen LogP contribution in [-0.2, 0) is 9.47 Å². The van der Waals surface area contributed by atoms with Gasteiger partial charge in [-0.05, 0) is 19.3 Å². The highest BCUT2D eigenvalue weighted by Crippen LogP contribution is 2.10. The smallest absolute Gasteiger partial charge is 0.0593 e. The fourth-order valence-corrected chi connectivity index (χ4v) is 1.15. The van der Waals surface area contributed by atoms with Gasteiger partial charge in [-0.2, -0.15) is 0 Å². The average molecular weight is 160 g/mol. The maximum Gasteiger partial charge on any atom is 0.0593 e. The third kappa shape index (κ3) is 4.38. The summed E-state index contributed by atoms with van der Waals surface area (Å²) in [5, 5.41) is 0. The summed E-state index contributed by atoms with van der Waals surface area (Å²) in [4.78, 5) is 0. The molecule has 0 aliphatic rings. The molecule has 2 heteroatoms. The van der Waals surface area contributed by atoms with Gasteiger partial charge in [0.15, 0.2) is 0 Å². The molecule has 68 valence electrons. The first-order valence-electron chi connectivity index (χ1n) is 4.34. The lowest BCUT2D eigenvalue weighted by Crippen LogP contribution is -2.20. The minimum atomic E-state index is 0.361. The monoisotopic (exact) mass is 160 g/mol. The van der Waals surface area contributed by atoms with E-state index in [0.717, 1.165) is 19.3 Å². The normalized spacial score (nSPS) is 16.4. The van der Waals surface area contributed by atoms with E-state index in [2.05, 4.69) is 13.8 Å². The highest BCUT2D eigenvalue weighted by molar-refractivity contribution is 4.62. The second kappa shape index (κ2) is 6.62. The Kier molecular flexibility index (Phi) is 6.57. The van der Waals surface area contributed by atoms with Gasteiger partial charge in [-0.25, -0.2) is 0 Å². The first kappa shape index (κ1) is 10.9. The van der Waals surface area contributed by atoms with Gasteiger partial charge < -0.3 is 9.47 Å². The molecule has 2 nitrogen and oxygen atoms in total. The minimum absolute atomic E-state index is 0.361. The summed E-state index contributed by atoms with van der Waals surface area (Å²) in [5.41, 5.74) is 0. The van der Waals surface area contributed by atoms with Crippen LogP contribution in [0, 0.1) is 0 Å². The molecule has 0 aliphatic carbocycles. The molecule has 0 saturated carbocycles. The Morgan fingerprint density at radius 3 is 1.45 bits per heavy atom. The number of hydrogen-bond donors (Lipinski definition) is 0. The Labute approximate surface area is 69.9 Å². The van der Waals surface area contributed by atoms with Crippen molar-refractivity contribution in [3.05, 3.63) is 0 Å². The molecular weight excluding hydrogens is 140 g/mol. The molecule has 0 aliphatic heterocycles. The summed E-state index contributed by atoms with van der Waals surface area (Å²) in [5.74, 6) is 0. The van der Waals surface area contributed by atoms with Crippen LogP contribution in [0.15, 0.2) is 0 Å². The van der Waals surface area contributed by atoms with Gasteiger partial charge >= 0.3 is 0 Å². The fourth-order valence-electron chi connectivity index (χ4n) is 1.15. The van der Waals surface area contributed by atoms with Gasteiger partial charge in [-0.1, -0.05) is 13.8 Å². The molecule has 2 unspecified atom stereocenters. The van der Waals surface area contributed by atoms with Crippen LogP contribution in [0.2, 0.25) is 0 Å². The van der Waals surface area contributed by atoms with Gasteiger partial charge in [0.1, 0.15) is 0 Å². The molecule has 2 atom stereocenters. The van der Waals surface area contributed by atoms with Crippen LogP contribution in [0.1, 0.15) is 33.1 Å². The van der Waals surface area contributed by atoms with E-state index in [9.17, 15) is 0 Å². The second-order valence-electron chi connectivity index (χ2n) is 2.77. The molecular formula is C9H20O2. The molecule has 11 heavy (non-hydrogen) atoms. The van der Waals surface area contributed by atoms with Gasteiger partial charge in [0.2, 0.25) is 0 Å². The van der Waals surface area contributed by atoms with Crippen LogP contribution in [0.4, 0.5) is 0 Å². The summed E-state index contributed by atoms with van der Waals surface area (Å²) >= 11 is 0. The number of ether oxygens (including phenoxy) is 2. The van der Waals surface area contributed by atoms with Crippen molar-refractivity contribution in [1.82, 2.24) is 0 Å². The maximum atomic E-state index is 5.25. The van der Waals surface area contributed by atoms with Crippen molar-refractivity contribution < 1.29 is 9.47 Å². The Balaban J connectivity index is 3.58. The third-order valence-electron chi connectivity index (χ3n) is 2.10. The predicted molar refractivity (Wildman–Crippen MR) is 46.8 cm³/mol. The quantitative estimate of drug-likeness (QED) is 0.593. The number of methoxy groups -OCH3 is 2. The van der Waals surface area contributed by atoms with Gasteiger partial charge in [0.25, 0.3) is 0 Å². The van der Waals surface area contributed by atoms with Gasteiger partial charge in [0.05, 0.1) is 12.2 Å². The molecule has 0 spiro atoms. The van der Waals surface area contributed by atoms with E-state index in [4.69, 9.17) is 9.47 Å². The standard InChI is InChI=1S/C9H20O2/c1-5-8(10-3)7-9(6-2)11-4/h8-9H,5-7H2,1-4H3. The lowest BCUT2D eigenvalue weighted by Gasteiger charge is -2.19. The fraction of sp³-hybridized carbons (Fsp3) is 1.00. The Bertz CT molecular complexity index is 65.6. The van der Waals surface area contributed by atoms with E-state index in [0.29, 0.717) is 12.2 Å². The van der Waals surface area contributed by atoms with Gasteiger partial charge in [0, 0.05) is 14.2 Å². The predicted octanol–water partition coefficient (Wildman–Crippen LogP) is 2.23. The molecule has 0 rings (SSSR count). The summed E-state index contributed by atoms with van der Waals surface area (Å²) in [6.45, 7) is 4.27. The van der Waals surface area contributed by atoms with E-state index in [1.807, 2.05) is 0 Å². The van der Waals surface area contributed by atoms with E-state index < -0.39 is 0 Å². The first-order valence-corrected chi connectivity index (χ1v) is 4.34. The van der Waals surface area contributed by atoms with Crippen molar-refractivity contribution in [3.8, 4) is 0 Å². The summed E-state index contributed by atoms with van der Waals surface area (Å²) < 4.78 is 10.5. The van der Waals surface area contributed by atoms with Crippen molar-refractivity contribution in [3.63, 3.8) is 0 Å². The Hall–Kier alpha value is -0.0800. The molecule has 0 aromatic carbocycles. The van der Waals surface area contributed by atoms with E-state index in [1.165, 1.54) is 0 Å². The lowest BCUT2D eigenvalue weighted by atomic mass is 10.1. The summed E-state index contributed by atoms with van der Waals surface area (Å²) in [6.07, 6.45) is 3.87. The van der Waals surface area contributed by atoms with Crippen LogP contribution in [0.5, 0.6) is 0 Å². The molecule has 0 saturated heterocycles. The molecule has 0 aromatic rings. The highest BCUT2D eigenvalue weighted by atomic mass is 16.5. The van der Waals surface area contributed by atoms with Crippen LogP contribution >= 0.6 is 0 Å². The molecule has 0 radical (unpaired) electrons. The number of rotatable bonds is 6. The maximum absolute atomic E-state index is 5.25. The average Bonchev–Trinajstić information content (AvgIpc) is 2.07. The van der Waals surface area contributed by atoms with Crippen molar-refractivity contribution in [2.45, 2.75) is 45.3 Å². The minimum Gasteiger partial charge on any atom is -0.381 e. The number of hydrogen-bond acceptors (Lipinski definition) is 2. The van der Waals surface area contributed by atoms with E-state index >= 15 is 0 Å². The van der Waals surface area contributed by atoms with Crippen LogP contribution in [0.25, 0.3) is 0 Å². The van der Waals surface area contributed by atoms with Crippen molar-refractivity contribution >= 4 is 0 Å². The molecule has 0 bridgehead atoms. The molecule has 0 heterocycles. The SMILES string of the molecule is CCC(CC(CC)OC)OC. The third-order valence-corrected chi connectivity index (χ3v) is 2.10. The summed E-state index contributed by atoms with van der Waals surface area (Å²) in [7, 11) is 3.52. The Morgan fingerprint density at radius 2 is 1.27 bits per heavy atom. The zero-order chi connectivity index (χ0) is 8.69. The highest BCUT2D eigenvalue weighted by Gasteiger charge is 2.11. The van der Waals surface area contributed by atoms with Gasteiger partial charge in [-0.15, -0.1) is 0 Å². The molecule has 0 fully saturated rings. The molecule has 0 amide bonds. The van der Waals surface area contributed by atoms with Crippen LogP contribution in [-0.4, -0.2) is 26.4 Å². The largest absolute Gasteiger partial charge is 0.381 e. The van der Waals surface area contributed by atoms with Crippen molar-refractivity contribution in [2.75, 3.05) is 14.2 Å². The summed E-state index contributed by atoms with van der Waals surface area (Å²) in [6, 6.07) is 0. The van der Waals surface area contributed by atoms with Crippen LogP contribution in [0.3, 0.4) is 0 Å². The second-order valence-corrected chi connectivity index (χ2v) is 2.77. The van der Waals surface area contributed by atoms with Crippen molar-refractivity contribution in [2.24, 2.45) is 0 Å². The molecule has 0 aromatic heterocycles. The van der Waals surface area contributed by atoms with Crippen molar-refractivity contribution in [1.29, 1.82) is 0 Å². The molecule has 0 N–H and O–H groups in total. The van der Waals surface area contributed by atoms with E-state index in [1.54, 1.807) is 14.2 Å². The first-order chi connectivity index (χ1) is 5.28. The lowest BCUT2D eigenvalue weighted by molar-refractivity contribution is 0.0196. The van der Waals surface area contributed by atoms with Gasteiger partial charge in [-0.3, -0.25) is 0 Å². The Morgan fingerprint density at radius 1 is 0.909 bits per heavy atom. The topological polar surface area (TPSA) is 18.5 Å². The zero-order valence-corrected chi connectivity index (χ0v) is 8.09.